The van der Waals surface area contributed by atoms with E-state index in [1.807, 2.05) is 0 Å². The highest BCUT2D eigenvalue weighted by Crippen LogP contribution is 2.26. The number of halogens is 1. The highest BCUT2D eigenvalue weighted by molar-refractivity contribution is 5.96. The minimum atomic E-state index is -1.12. The van der Waals surface area contributed by atoms with Crippen LogP contribution in [0.15, 0.2) is 36.5 Å². The average molecular weight is 247 g/mol. The molecule has 1 aromatic heterocycles. The van der Waals surface area contributed by atoms with E-state index in [-0.39, 0.29) is 11.4 Å². The van der Waals surface area contributed by atoms with Crippen molar-refractivity contribution >= 4 is 5.97 Å². The Morgan fingerprint density at radius 1 is 1.39 bits per heavy atom. The van der Waals surface area contributed by atoms with E-state index < -0.39 is 11.8 Å². The van der Waals surface area contributed by atoms with Crippen LogP contribution in [-0.2, 0) is 0 Å². The van der Waals surface area contributed by atoms with Crippen molar-refractivity contribution in [3.05, 3.63) is 47.9 Å². The third-order valence-electron chi connectivity index (χ3n) is 2.45. The number of pyridine rings is 1. The van der Waals surface area contributed by atoms with E-state index in [4.69, 9.17) is 9.84 Å². The van der Waals surface area contributed by atoms with Gasteiger partial charge in [0.2, 0.25) is 5.88 Å². The van der Waals surface area contributed by atoms with E-state index in [1.54, 1.807) is 6.07 Å². The molecule has 0 aliphatic rings. The van der Waals surface area contributed by atoms with Gasteiger partial charge in [-0.2, -0.15) is 0 Å². The van der Waals surface area contributed by atoms with E-state index in [2.05, 4.69) is 4.98 Å². The SMILES string of the molecule is COc1cc(C(=O)O)c(-c2cccc(F)c2)cn1. The average Bonchev–Trinajstić information content (AvgIpc) is 2.38. The molecule has 92 valence electrons. The van der Waals surface area contributed by atoms with Crippen molar-refractivity contribution in [3.8, 4) is 17.0 Å². The smallest absolute Gasteiger partial charge is 0.336 e. The van der Waals surface area contributed by atoms with E-state index in [0.717, 1.165) is 0 Å². The Morgan fingerprint density at radius 2 is 2.17 bits per heavy atom. The molecule has 0 amide bonds. The summed E-state index contributed by atoms with van der Waals surface area (Å²) in [5.41, 5.74) is 0.831. The Balaban J connectivity index is 2.60. The summed E-state index contributed by atoms with van der Waals surface area (Å²) in [7, 11) is 1.40. The van der Waals surface area contributed by atoms with Crippen LogP contribution in [0.2, 0.25) is 0 Å². The minimum absolute atomic E-state index is 0.0208. The molecule has 1 heterocycles. The fraction of sp³-hybridized carbons (Fsp3) is 0.0769. The number of hydrogen-bond acceptors (Lipinski definition) is 3. The molecule has 0 fully saturated rings. The van der Waals surface area contributed by atoms with Crippen molar-refractivity contribution in [1.82, 2.24) is 4.98 Å². The number of benzene rings is 1. The molecule has 0 unspecified atom stereocenters. The third kappa shape index (κ3) is 2.29. The van der Waals surface area contributed by atoms with Crippen LogP contribution in [0.5, 0.6) is 5.88 Å². The first kappa shape index (κ1) is 12.0. The molecule has 2 rings (SSSR count). The van der Waals surface area contributed by atoms with Crippen molar-refractivity contribution in [2.45, 2.75) is 0 Å². The van der Waals surface area contributed by atoms with Crippen LogP contribution >= 0.6 is 0 Å². The number of carboxylic acids is 1. The van der Waals surface area contributed by atoms with Crippen molar-refractivity contribution in [2.75, 3.05) is 7.11 Å². The molecule has 5 heteroatoms. The second kappa shape index (κ2) is 4.83. The fourth-order valence-corrected chi connectivity index (χ4v) is 1.61. The maximum absolute atomic E-state index is 13.1. The maximum Gasteiger partial charge on any atom is 0.336 e. The fourth-order valence-electron chi connectivity index (χ4n) is 1.61. The van der Waals surface area contributed by atoms with Gasteiger partial charge in [0.05, 0.1) is 12.7 Å². The molecule has 0 radical (unpaired) electrons. The van der Waals surface area contributed by atoms with Crippen LogP contribution in [-0.4, -0.2) is 23.2 Å². The van der Waals surface area contributed by atoms with Gasteiger partial charge in [-0.05, 0) is 17.7 Å². The van der Waals surface area contributed by atoms with Crippen molar-refractivity contribution < 1.29 is 19.0 Å². The molecule has 0 saturated heterocycles. The number of methoxy groups -OCH3 is 1. The van der Waals surface area contributed by atoms with E-state index in [0.29, 0.717) is 11.1 Å². The van der Waals surface area contributed by atoms with Crippen molar-refractivity contribution in [1.29, 1.82) is 0 Å². The number of nitrogens with zero attached hydrogens (tertiary/aromatic N) is 1. The van der Waals surface area contributed by atoms with Gasteiger partial charge in [0.15, 0.2) is 0 Å². The van der Waals surface area contributed by atoms with Crippen molar-refractivity contribution in [2.24, 2.45) is 0 Å². The van der Waals surface area contributed by atoms with E-state index >= 15 is 0 Å². The van der Waals surface area contributed by atoms with E-state index in [9.17, 15) is 9.18 Å². The number of aromatic nitrogens is 1. The van der Waals surface area contributed by atoms with Crippen LogP contribution in [0.4, 0.5) is 4.39 Å². The van der Waals surface area contributed by atoms with E-state index in [1.165, 1.54) is 37.6 Å². The first-order valence-corrected chi connectivity index (χ1v) is 5.15. The summed E-state index contributed by atoms with van der Waals surface area (Å²) in [4.78, 5) is 15.1. The summed E-state index contributed by atoms with van der Waals surface area (Å²) in [6, 6.07) is 7.00. The van der Waals surface area contributed by atoms with Crippen LogP contribution in [0.3, 0.4) is 0 Å². The molecule has 2 aromatic rings. The number of aromatic carboxylic acids is 1. The number of carbonyl (C=O) groups is 1. The predicted molar refractivity (Wildman–Crippen MR) is 63.1 cm³/mol. The Hall–Kier alpha value is -2.43. The van der Waals surface area contributed by atoms with Gasteiger partial charge in [-0.1, -0.05) is 12.1 Å². The monoisotopic (exact) mass is 247 g/mol. The van der Waals surface area contributed by atoms with Gasteiger partial charge in [-0.15, -0.1) is 0 Å². The van der Waals surface area contributed by atoms with Crippen molar-refractivity contribution in [3.63, 3.8) is 0 Å². The zero-order chi connectivity index (χ0) is 13.1. The number of carboxylic acid groups (broad SMARTS) is 1. The normalized spacial score (nSPS) is 10.1. The quantitative estimate of drug-likeness (QED) is 0.905. The molecule has 0 aliphatic heterocycles. The number of hydrogen-bond donors (Lipinski definition) is 1. The lowest BCUT2D eigenvalue weighted by Gasteiger charge is -2.07. The summed E-state index contributed by atoms with van der Waals surface area (Å²) in [5, 5.41) is 9.14. The molecule has 0 atom stereocenters. The number of ether oxygens (including phenoxy) is 1. The van der Waals surface area contributed by atoms with Crippen LogP contribution < -0.4 is 4.74 Å². The van der Waals surface area contributed by atoms with Gasteiger partial charge in [0.25, 0.3) is 0 Å². The minimum Gasteiger partial charge on any atom is -0.481 e. The van der Waals surface area contributed by atoms with Crippen LogP contribution in [0, 0.1) is 5.82 Å². The largest absolute Gasteiger partial charge is 0.481 e. The summed E-state index contributed by atoms with van der Waals surface area (Å²) in [5.74, 6) is -1.35. The molecule has 0 saturated carbocycles. The second-order valence-corrected chi connectivity index (χ2v) is 3.59. The van der Waals surface area contributed by atoms with Gasteiger partial charge in [-0.3, -0.25) is 0 Å². The maximum atomic E-state index is 13.1. The Labute approximate surface area is 103 Å². The molecule has 0 bridgehead atoms. The first-order chi connectivity index (χ1) is 8.61. The molecule has 0 spiro atoms. The Morgan fingerprint density at radius 3 is 2.78 bits per heavy atom. The lowest BCUT2D eigenvalue weighted by molar-refractivity contribution is 0.0697. The Bertz CT molecular complexity index is 599. The molecule has 1 aromatic carbocycles. The second-order valence-electron chi connectivity index (χ2n) is 3.59. The summed E-state index contributed by atoms with van der Waals surface area (Å²) in [6.45, 7) is 0. The summed E-state index contributed by atoms with van der Waals surface area (Å²) >= 11 is 0. The highest BCUT2D eigenvalue weighted by Gasteiger charge is 2.14. The van der Waals surface area contributed by atoms with Gasteiger partial charge in [0.1, 0.15) is 5.82 Å². The van der Waals surface area contributed by atoms with Gasteiger partial charge in [0, 0.05) is 17.8 Å². The van der Waals surface area contributed by atoms with Crippen LogP contribution in [0.25, 0.3) is 11.1 Å². The van der Waals surface area contributed by atoms with Gasteiger partial charge < -0.3 is 9.84 Å². The molecule has 18 heavy (non-hydrogen) atoms. The van der Waals surface area contributed by atoms with Crippen LogP contribution in [0.1, 0.15) is 10.4 Å². The molecular formula is C13H10FNO3. The summed E-state index contributed by atoms with van der Waals surface area (Å²) in [6.07, 6.45) is 1.36. The molecule has 4 nitrogen and oxygen atoms in total. The molecular weight excluding hydrogens is 237 g/mol. The highest BCUT2D eigenvalue weighted by atomic mass is 19.1. The predicted octanol–water partition coefficient (Wildman–Crippen LogP) is 2.59. The topological polar surface area (TPSA) is 59.4 Å². The zero-order valence-corrected chi connectivity index (χ0v) is 9.55. The summed E-state index contributed by atoms with van der Waals surface area (Å²) < 4.78 is 18.0. The molecule has 1 N–H and O–H groups in total. The number of rotatable bonds is 3. The Kier molecular flexibility index (Phi) is 3.23. The van der Waals surface area contributed by atoms with Gasteiger partial charge >= 0.3 is 5.97 Å². The standard InChI is InChI=1S/C13H10FNO3/c1-18-12-6-10(13(16)17)11(7-15-12)8-3-2-4-9(14)5-8/h2-7H,1H3,(H,16,17). The zero-order valence-electron chi connectivity index (χ0n) is 9.55. The first-order valence-electron chi connectivity index (χ1n) is 5.15. The lowest BCUT2D eigenvalue weighted by Crippen LogP contribution is -2.02. The van der Waals surface area contributed by atoms with Gasteiger partial charge in [-0.25, -0.2) is 14.2 Å². The molecule has 0 aliphatic carbocycles. The third-order valence-corrected chi connectivity index (χ3v) is 2.45. The lowest BCUT2D eigenvalue weighted by atomic mass is 10.0.